The molecule has 650 valence electrons. The zero-order valence-corrected chi connectivity index (χ0v) is 60.3. The fourth-order valence-corrected chi connectivity index (χ4v) is 14.0. The summed E-state index contributed by atoms with van der Waals surface area (Å²) in [5, 5.41) is 296. The van der Waals surface area contributed by atoms with Crippen LogP contribution in [0, 0.1) is 0 Å². The second kappa shape index (κ2) is 41.7. The predicted molar refractivity (Wildman–Crippen MR) is 346 cm³/mol. The number of rotatable bonds is 33. The van der Waals surface area contributed by atoms with Crippen molar-refractivity contribution in [3.63, 3.8) is 0 Å². The van der Waals surface area contributed by atoms with Crippen molar-refractivity contribution >= 4 is 23.6 Å². The summed E-state index contributed by atoms with van der Waals surface area (Å²) in [5.74, 6) is -3.70. The van der Waals surface area contributed by atoms with Gasteiger partial charge >= 0.3 is 0 Å². The Balaban J connectivity index is 1.15. The molecule has 30 N–H and O–H groups in total. The predicted octanol–water partition coefficient (Wildman–Crippen LogP) is -20.4. The Kier molecular flexibility index (Phi) is 34.9. The van der Waals surface area contributed by atoms with Gasteiger partial charge in [-0.25, -0.2) is 0 Å². The highest BCUT2D eigenvalue weighted by Gasteiger charge is 2.61. The first-order valence-electron chi connectivity index (χ1n) is 35.6. The van der Waals surface area contributed by atoms with Crippen LogP contribution in [0.3, 0.4) is 0 Å². The van der Waals surface area contributed by atoms with Crippen LogP contribution in [0.4, 0.5) is 0 Å². The fraction of sp³-hybridized carbons (Fsp3) is 0.935. The molecule has 8 heterocycles. The largest absolute Gasteiger partial charge is 0.394 e. The van der Waals surface area contributed by atoms with Crippen LogP contribution in [0.15, 0.2) is 0 Å². The molecule has 0 aromatic rings. The van der Waals surface area contributed by atoms with E-state index in [2.05, 4.69) is 21.3 Å². The maximum Gasteiger partial charge on any atom is 0.217 e. The Hall–Kier alpha value is -3.80. The van der Waals surface area contributed by atoms with Crippen LogP contribution in [-0.4, -0.2) is 492 Å². The number of hydrogen-bond donors (Lipinski definition) is 30. The Bertz CT molecular complexity index is 2920. The van der Waals surface area contributed by atoms with Crippen LogP contribution in [0.1, 0.15) is 27.7 Å². The van der Waals surface area contributed by atoms with Crippen molar-refractivity contribution in [2.45, 2.75) is 298 Å². The van der Waals surface area contributed by atoms with Gasteiger partial charge < -0.3 is 230 Å². The Morgan fingerprint density at radius 1 is 0.304 bits per heavy atom. The Morgan fingerprint density at radius 3 is 0.982 bits per heavy atom. The van der Waals surface area contributed by atoms with Gasteiger partial charge in [-0.05, 0) is 0 Å². The van der Waals surface area contributed by atoms with Crippen LogP contribution in [-0.2, 0) is 95.0 Å². The quantitative estimate of drug-likeness (QED) is 0.0290. The molecule has 0 bridgehead atoms. The molecule has 8 saturated heterocycles. The molecular formula is C62H106N4O46. The van der Waals surface area contributed by atoms with Crippen molar-refractivity contribution in [2.24, 2.45) is 0 Å². The van der Waals surface area contributed by atoms with E-state index in [-0.39, 0.29) is 0 Å². The van der Waals surface area contributed by atoms with E-state index in [9.17, 15) is 152 Å². The lowest BCUT2D eigenvalue weighted by Crippen LogP contribution is -2.70. The van der Waals surface area contributed by atoms with Crippen molar-refractivity contribution in [1.82, 2.24) is 21.3 Å². The third-order valence-electron chi connectivity index (χ3n) is 20.0. The van der Waals surface area contributed by atoms with Gasteiger partial charge in [0.1, 0.15) is 213 Å². The lowest BCUT2D eigenvalue weighted by molar-refractivity contribution is -0.398. The molecule has 8 rings (SSSR count). The minimum atomic E-state index is -2.60. The van der Waals surface area contributed by atoms with Gasteiger partial charge in [-0.2, -0.15) is 0 Å². The van der Waals surface area contributed by atoms with E-state index in [1.54, 1.807) is 0 Å². The maximum absolute atomic E-state index is 13.0. The first-order chi connectivity index (χ1) is 53.0. The minimum Gasteiger partial charge on any atom is -0.394 e. The highest BCUT2D eigenvalue weighted by atomic mass is 16.8. The second-order valence-electron chi connectivity index (χ2n) is 27.9. The molecule has 8 aliphatic rings. The van der Waals surface area contributed by atoms with Gasteiger partial charge in [-0.1, -0.05) is 0 Å². The van der Waals surface area contributed by atoms with Crippen LogP contribution in [0.5, 0.6) is 0 Å². The number of aliphatic hydroxyl groups excluding tert-OH is 26. The molecule has 50 nitrogen and oxygen atoms in total. The molecule has 8 unspecified atom stereocenters. The maximum atomic E-state index is 13.0. The van der Waals surface area contributed by atoms with E-state index in [1.165, 1.54) is 0 Å². The summed E-state index contributed by atoms with van der Waals surface area (Å²) in [7, 11) is 0. The highest BCUT2D eigenvalue weighted by molar-refractivity contribution is 5.74. The normalized spacial score (nSPS) is 45.9. The summed E-state index contributed by atoms with van der Waals surface area (Å²) in [4.78, 5) is 50.8. The van der Waals surface area contributed by atoms with E-state index in [0.717, 1.165) is 27.7 Å². The average Bonchev–Trinajstić information content (AvgIpc) is 0.770. The van der Waals surface area contributed by atoms with E-state index in [4.69, 9.17) is 75.8 Å². The number of carbonyl (C=O) groups excluding carboxylic acids is 4. The van der Waals surface area contributed by atoms with Gasteiger partial charge in [0.25, 0.3) is 0 Å². The van der Waals surface area contributed by atoms with Crippen molar-refractivity contribution in [1.29, 1.82) is 0 Å². The van der Waals surface area contributed by atoms with Crippen molar-refractivity contribution < 1.29 is 228 Å². The molecule has 0 spiro atoms. The molecule has 8 aliphatic heterocycles. The number of nitrogens with one attached hydrogen (secondary N) is 4. The van der Waals surface area contributed by atoms with Gasteiger partial charge in [-0.3, -0.25) is 19.2 Å². The molecule has 50 heteroatoms. The summed E-state index contributed by atoms with van der Waals surface area (Å²) >= 11 is 0. The lowest BCUT2D eigenvalue weighted by Gasteiger charge is -2.51. The summed E-state index contributed by atoms with van der Waals surface area (Å²) in [6.45, 7) is -7.39. The molecule has 112 heavy (non-hydrogen) atoms. The third-order valence-corrected chi connectivity index (χ3v) is 20.0. The van der Waals surface area contributed by atoms with Gasteiger partial charge in [-0.15, -0.1) is 0 Å². The van der Waals surface area contributed by atoms with Crippen LogP contribution in [0.2, 0.25) is 0 Å². The third kappa shape index (κ3) is 21.2. The van der Waals surface area contributed by atoms with E-state index >= 15 is 0 Å². The zero-order chi connectivity index (χ0) is 82.9. The van der Waals surface area contributed by atoms with E-state index < -0.39 is 360 Å². The summed E-state index contributed by atoms with van der Waals surface area (Å²) < 4.78 is 94.8. The molecule has 0 aliphatic carbocycles. The molecular weight excluding hydrogens is 1540 g/mol. The molecule has 0 aromatic heterocycles. The zero-order valence-electron chi connectivity index (χ0n) is 60.3. The molecule has 44 atom stereocenters. The lowest BCUT2D eigenvalue weighted by atomic mass is 9.94. The number of carbonyl (C=O) groups is 4. The SMILES string of the molecule is CC(=O)N[C@@H](CO)[C@@H](O)[C@H](OC1O[C@H](CO)[C@@H](OC2O[C@H](COC3O[C@H](CO)[C@@H](O)[C@H](O)[C@@H]3OC3O[C@H](CO)[C@@H](OC4O[C@H](CO)[C@H](O)[C@H](O)[C@H]4O)[C@H](O)[C@H]3NC(C)=O)[C@@H](O)[C@H](OC3O[C@H](CO)[C@@H](O)[C@H](O)[C@@H]3OC3O[C@H](CO)[C@@H](OC4O[C@H](CO)[C@H](O)[C@H](O)[C@H]4O)[C@H](O)[C@H]3NC(C)=O)[C@@H]2O)[C@H](O)[C@H]1NC(C)=O)[C@H](O)CO. The van der Waals surface area contributed by atoms with Crippen molar-refractivity contribution in [2.75, 3.05) is 66.1 Å². The first-order valence-corrected chi connectivity index (χ1v) is 35.6. The highest BCUT2D eigenvalue weighted by Crippen LogP contribution is 2.40. The number of hydrogen-bond acceptors (Lipinski definition) is 46. The molecule has 0 aromatic carbocycles. The number of ether oxygens (including phenoxy) is 16. The summed E-state index contributed by atoms with van der Waals surface area (Å²) in [5.41, 5.74) is 0. The van der Waals surface area contributed by atoms with Gasteiger partial charge in [0.05, 0.1) is 72.1 Å². The molecule has 4 amide bonds. The van der Waals surface area contributed by atoms with Crippen LogP contribution in [0.25, 0.3) is 0 Å². The number of aliphatic hydroxyl groups is 26. The summed E-state index contributed by atoms with van der Waals surface area (Å²) in [6.07, 6.45) is -84.7. The standard InChI is InChI=1S/C62H106N4O46/c1-15(76)63-19(5-67)32(81)48(20(80)6-68)106-55-29(64-16(2)77)38(87)51(27(13-75)102-55)109-60-47(96)52(110-62-54(44(93)36(85)24(10-72)101-62)112-57-31(66-18(4)79)40(89)50(26(12-74)104-57)108-59-46(95)42(91)34(83)22(8-70)99-59)37(86)28(105-60)14-97-61-53(43(92)35(84)23(9-71)100-61)111-56-30(65-17(3)78)39(88)49(25(11-73)103-56)107-58-45(94)41(90)33(82)21(7-69)98-58/h19-62,67-75,80-96H,5-14H2,1-4H3,(H,63,76)(H,64,77)(H,65,78)(H,66,79)/t19-,20+,21+,22+,23+,24+,25+,26+,27+,28+,29+,30+,31+,32+,33-,34-,35+,36+,37+,38+,39+,40+,41-,42-,43-,44-,45+,46+,47-,48+,49+,50+,51+,52-,53-,54-,55?,56?,57?,58?,59?,60?,61?,62?/m0/s1. The molecule has 0 saturated carbocycles. The average molecular weight is 1640 g/mol. The smallest absolute Gasteiger partial charge is 0.217 e. The van der Waals surface area contributed by atoms with Crippen molar-refractivity contribution in [3.8, 4) is 0 Å². The monoisotopic (exact) mass is 1640 g/mol. The van der Waals surface area contributed by atoms with Gasteiger partial charge in [0.15, 0.2) is 50.3 Å². The minimum absolute atomic E-state index is 0.813. The van der Waals surface area contributed by atoms with Crippen molar-refractivity contribution in [3.05, 3.63) is 0 Å². The fourth-order valence-electron chi connectivity index (χ4n) is 14.0. The van der Waals surface area contributed by atoms with E-state index in [1.807, 2.05) is 0 Å². The molecule has 8 fully saturated rings. The van der Waals surface area contributed by atoms with Crippen LogP contribution < -0.4 is 21.3 Å². The Morgan fingerprint density at radius 2 is 0.616 bits per heavy atom. The molecule has 0 radical (unpaired) electrons. The second-order valence-corrected chi connectivity index (χ2v) is 27.9. The summed E-state index contributed by atoms with van der Waals surface area (Å²) in [6, 6.07) is -7.50. The van der Waals surface area contributed by atoms with E-state index in [0.29, 0.717) is 0 Å². The first kappa shape index (κ1) is 93.7. The van der Waals surface area contributed by atoms with Gasteiger partial charge in [0.2, 0.25) is 23.6 Å². The Labute approximate surface area is 634 Å². The van der Waals surface area contributed by atoms with Crippen LogP contribution >= 0.6 is 0 Å². The van der Waals surface area contributed by atoms with Gasteiger partial charge in [0, 0.05) is 27.7 Å². The topological polar surface area (TPSA) is 790 Å². The number of amides is 4.